The van der Waals surface area contributed by atoms with Crippen LogP contribution < -0.4 is 11.5 Å². The van der Waals surface area contributed by atoms with Crippen LogP contribution in [0.4, 0.5) is 13.2 Å². The molecule has 1 aromatic rings. The molecule has 11 heteroatoms. The van der Waals surface area contributed by atoms with Crippen molar-refractivity contribution in [1.82, 2.24) is 4.90 Å². The average Bonchev–Trinajstić information content (AvgIpc) is 2.94. The monoisotopic (exact) mass is 621 g/mol. The first-order valence-electron chi connectivity index (χ1n) is 13.7. The van der Waals surface area contributed by atoms with Crippen molar-refractivity contribution in [2.24, 2.45) is 26.9 Å². The van der Waals surface area contributed by atoms with Gasteiger partial charge in [0.15, 0.2) is 11.1 Å². The highest BCUT2D eigenvalue weighted by atomic mass is 35.5. The Morgan fingerprint density at radius 1 is 1.24 bits per heavy atom. The van der Waals surface area contributed by atoms with Crippen LogP contribution in [-0.2, 0) is 10.5 Å². The molecule has 0 aliphatic heterocycles. The fourth-order valence-electron chi connectivity index (χ4n) is 4.97. The molecule has 0 bridgehead atoms. The third kappa shape index (κ3) is 8.36. The summed E-state index contributed by atoms with van der Waals surface area (Å²) in [7, 11) is 3.28. The summed E-state index contributed by atoms with van der Waals surface area (Å²) in [5, 5.41) is 0.403. The zero-order valence-electron chi connectivity index (χ0n) is 24.5. The number of hydrogen-bond donors (Lipinski definition) is 2. The highest BCUT2D eigenvalue weighted by Crippen LogP contribution is 2.44. The van der Waals surface area contributed by atoms with Crippen molar-refractivity contribution in [3.05, 3.63) is 71.0 Å². The number of rotatable bonds is 8. The smallest absolute Gasteiger partial charge is 0.186 e. The first-order valence-corrected chi connectivity index (χ1v) is 15.1. The van der Waals surface area contributed by atoms with Crippen LogP contribution in [0.25, 0.3) is 0 Å². The minimum Gasteiger partial charge on any atom is -0.380 e. The van der Waals surface area contributed by atoms with E-state index in [9.17, 15) is 4.39 Å². The largest absolute Gasteiger partial charge is 0.380 e. The summed E-state index contributed by atoms with van der Waals surface area (Å²) < 4.78 is 49.8. The first kappa shape index (κ1) is 33.6. The van der Waals surface area contributed by atoms with Crippen molar-refractivity contribution in [3.63, 3.8) is 0 Å². The van der Waals surface area contributed by atoms with Gasteiger partial charge in [0.05, 0.1) is 17.5 Å². The van der Waals surface area contributed by atoms with Gasteiger partial charge >= 0.3 is 0 Å². The number of ether oxygens (including phenoxy) is 1. The number of nitrogens with zero attached hydrogens (tertiary/aromatic N) is 3. The summed E-state index contributed by atoms with van der Waals surface area (Å²) in [4.78, 5) is 10.2. The van der Waals surface area contributed by atoms with E-state index in [1.807, 2.05) is 11.0 Å². The molecule has 0 fully saturated rings. The van der Waals surface area contributed by atoms with E-state index < -0.39 is 23.2 Å². The van der Waals surface area contributed by atoms with Crippen LogP contribution in [0.15, 0.2) is 58.2 Å². The number of nitrogens with two attached hydrogens (primary N) is 2. The lowest BCUT2D eigenvalue weighted by atomic mass is 9.75. The molecule has 0 amide bonds. The molecule has 228 valence electrons. The number of thioether (sulfide) groups is 1. The van der Waals surface area contributed by atoms with E-state index in [0.29, 0.717) is 30.9 Å². The van der Waals surface area contributed by atoms with Crippen molar-refractivity contribution in [2.45, 2.75) is 69.0 Å². The topological polar surface area (TPSA) is 89.2 Å². The number of guanidine groups is 1. The van der Waals surface area contributed by atoms with Gasteiger partial charge in [-0.2, -0.15) is 0 Å². The molecule has 6 nitrogen and oxygen atoms in total. The van der Waals surface area contributed by atoms with Gasteiger partial charge in [0.1, 0.15) is 24.4 Å². The third-order valence-electron chi connectivity index (χ3n) is 7.60. The number of alkyl halides is 2. The van der Waals surface area contributed by atoms with Gasteiger partial charge < -0.3 is 21.1 Å². The van der Waals surface area contributed by atoms with Gasteiger partial charge in [0.25, 0.3) is 0 Å². The van der Waals surface area contributed by atoms with E-state index in [4.69, 9.17) is 27.8 Å². The molecule has 42 heavy (non-hydrogen) atoms. The summed E-state index contributed by atoms with van der Waals surface area (Å²) in [6, 6.07) is 2.14. The summed E-state index contributed by atoms with van der Waals surface area (Å²) in [6.07, 6.45) is 6.53. The highest BCUT2D eigenvalue weighted by Gasteiger charge is 2.39. The predicted molar refractivity (Wildman–Crippen MR) is 168 cm³/mol. The van der Waals surface area contributed by atoms with E-state index in [0.717, 1.165) is 11.3 Å². The van der Waals surface area contributed by atoms with Crippen molar-refractivity contribution in [1.29, 1.82) is 0 Å². The fourth-order valence-corrected chi connectivity index (χ4v) is 6.31. The Bertz CT molecular complexity index is 1310. The molecular formula is C31H39ClF3N5OS. The lowest BCUT2D eigenvalue weighted by Gasteiger charge is -2.44. The van der Waals surface area contributed by atoms with Crippen LogP contribution in [0.3, 0.4) is 0 Å². The molecule has 0 radical (unpaired) electrons. The Morgan fingerprint density at radius 3 is 2.50 bits per heavy atom. The van der Waals surface area contributed by atoms with Crippen LogP contribution in [0.1, 0.15) is 50.7 Å². The summed E-state index contributed by atoms with van der Waals surface area (Å²) >= 11 is 7.67. The Kier molecular flexibility index (Phi) is 12.0. The minimum atomic E-state index is -1.02. The van der Waals surface area contributed by atoms with Crippen molar-refractivity contribution in [2.75, 3.05) is 20.7 Å². The maximum absolute atomic E-state index is 15.1. The Balaban J connectivity index is 1.88. The maximum atomic E-state index is 15.1. The molecule has 4 N–H and O–H groups in total. The molecule has 3 unspecified atom stereocenters. The van der Waals surface area contributed by atoms with Gasteiger partial charge in [-0.25, -0.2) is 18.2 Å². The maximum Gasteiger partial charge on any atom is 0.186 e. The molecule has 0 spiro atoms. The number of hydrogen-bond acceptors (Lipinski definition) is 4. The SMILES string of the molecule is C=C(N(C(=NC)SCc1c(F)cc(C#CCN=C(N)N)cc1F)C1C=CC(F)CC1)C(C)(C)C1=CCC(Cl)[C@H](OC)C1. The van der Waals surface area contributed by atoms with E-state index >= 15 is 8.78 Å². The number of halogens is 4. The summed E-state index contributed by atoms with van der Waals surface area (Å²) in [6.45, 7) is 8.65. The summed E-state index contributed by atoms with van der Waals surface area (Å²) in [5.74, 6) is 3.74. The number of allylic oxidation sites excluding steroid dienone is 3. The van der Waals surface area contributed by atoms with Crippen molar-refractivity contribution in [3.8, 4) is 11.8 Å². The molecule has 0 heterocycles. The first-order chi connectivity index (χ1) is 19.9. The normalized spacial score (nSPS) is 22.6. The van der Waals surface area contributed by atoms with Gasteiger partial charge in [-0.3, -0.25) is 4.99 Å². The Labute approximate surface area is 256 Å². The van der Waals surface area contributed by atoms with E-state index in [1.165, 1.54) is 23.9 Å². The molecule has 3 rings (SSSR count). The second-order valence-corrected chi connectivity index (χ2v) is 12.2. The van der Waals surface area contributed by atoms with Gasteiger partial charge in [-0.05, 0) is 37.8 Å². The molecule has 2 aliphatic rings. The number of aliphatic imine (C=N–C) groups is 2. The van der Waals surface area contributed by atoms with Gasteiger partial charge in [-0.1, -0.05) is 67.8 Å². The quantitative estimate of drug-likeness (QED) is 0.121. The molecule has 0 saturated carbocycles. The van der Waals surface area contributed by atoms with E-state index in [-0.39, 0.29) is 46.9 Å². The number of amidine groups is 1. The molecule has 2 aliphatic carbocycles. The van der Waals surface area contributed by atoms with Crippen molar-refractivity contribution < 1.29 is 17.9 Å². The lowest BCUT2D eigenvalue weighted by Crippen LogP contribution is -2.44. The molecule has 0 saturated heterocycles. The molecule has 4 atom stereocenters. The third-order valence-corrected chi connectivity index (χ3v) is 9.13. The van der Waals surface area contributed by atoms with Gasteiger partial charge in [0.2, 0.25) is 0 Å². The Morgan fingerprint density at radius 2 is 1.93 bits per heavy atom. The zero-order chi connectivity index (χ0) is 31.0. The van der Waals surface area contributed by atoms with Crippen LogP contribution in [0.2, 0.25) is 0 Å². The summed E-state index contributed by atoms with van der Waals surface area (Å²) in [5.41, 5.74) is 11.9. The zero-order valence-corrected chi connectivity index (χ0v) is 26.0. The van der Waals surface area contributed by atoms with Crippen LogP contribution >= 0.6 is 23.4 Å². The standard InChI is InChI=1S/C31H39ClF3N5OS/c1-19(31(2,3)21-8-13-25(32)28(17-21)41-5)40(23-11-9-22(33)10-12-23)30(38-4)42-18-24-26(34)15-20(16-27(24)35)7-6-14-39-29(36)37/h8-9,11,15-16,22-23,25,28H,1,10,12-14,17-18H2,2-5H3,(H4,36,37,39)/t22?,23?,25?,28-/m1/s1. The number of benzene rings is 1. The van der Waals surface area contributed by atoms with Gasteiger partial charge in [-0.15, -0.1) is 11.6 Å². The van der Waals surface area contributed by atoms with E-state index in [2.05, 4.69) is 48.3 Å². The highest BCUT2D eigenvalue weighted by molar-refractivity contribution is 8.13. The number of methoxy groups -OCH3 is 1. The average molecular weight is 622 g/mol. The molecular weight excluding hydrogens is 583 g/mol. The second-order valence-electron chi connectivity index (χ2n) is 10.7. The van der Waals surface area contributed by atoms with Crippen LogP contribution in [0, 0.1) is 28.9 Å². The van der Waals surface area contributed by atoms with Gasteiger partial charge in [0, 0.05) is 42.1 Å². The van der Waals surface area contributed by atoms with Crippen molar-refractivity contribution >= 4 is 34.5 Å². The predicted octanol–water partition coefficient (Wildman–Crippen LogP) is 6.05. The van der Waals surface area contributed by atoms with E-state index in [1.54, 1.807) is 20.2 Å². The lowest BCUT2D eigenvalue weighted by molar-refractivity contribution is 0.0905. The Hall–Kier alpha value is -2.87. The van der Waals surface area contributed by atoms with Crippen LogP contribution in [-0.4, -0.2) is 60.4 Å². The fraction of sp³-hybridized carbons (Fsp3) is 0.484. The molecule has 0 aromatic heterocycles. The molecule has 1 aromatic carbocycles. The van der Waals surface area contributed by atoms with Crippen LogP contribution in [0.5, 0.6) is 0 Å². The minimum absolute atomic E-state index is 0.0177. The second kappa shape index (κ2) is 15.0.